The van der Waals surface area contributed by atoms with Crippen molar-refractivity contribution < 1.29 is 28.6 Å². The van der Waals surface area contributed by atoms with Crippen molar-refractivity contribution in [2.45, 2.75) is 32.8 Å². The zero-order valence-corrected chi connectivity index (χ0v) is 23.1. The second-order valence-electron chi connectivity index (χ2n) is 9.60. The molecule has 0 aromatic heterocycles. The van der Waals surface area contributed by atoms with Gasteiger partial charge in [-0.25, -0.2) is 4.39 Å². The van der Waals surface area contributed by atoms with Crippen molar-refractivity contribution in [3.63, 3.8) is 0 Å². The molecule has 0 aliphatic carbocycles. The largest absolute Gasteiger partial charge is 0.491 e. The van der Waals surface area contributed by atoms with Crippen LogP contribution in [-0.2, 0) is 14.3 Å². The lowest BCUT2D eigenvalue weighted by Crippen LogP contribution is -2.47. The van der Waals surface area contributed by atoms with Gasteiger partial charge in [0.25, 0.3) is 0 Å². The van der Waals surface area contributed by atoms with E-state index in [1.807, 2.05) is 32.0 Å². The summed E-state index contributed by atoms with van der Waals surface area (Å²) < 4.78 is 26.0. The summed E-state index contributed by atoms with van der Waals surface area (Å²) in [4.78, 5) is 32.6. The van der Waals surface area contributed by atoms with Crippen LogP contribution >= 0.6 is 23.2 Å². The van der Waals surface area contributed by atoms with Crippen LogP contribution in [0.1, 0.15) is 29.5 Å². The number of carbonyl (C=O) groups excluding carboxylic acids is 2. The minimum absolute atomic E-state index is 0.0412. The molecule has 2 aromatic rings. The average Bonchev–Trinajstić information content (AvgIpc) is 2.86. The number of nitrogens with zero attached hydrogens (tertiary/aromatic N) is 2. The van der Waals surface area contributed by atoms with Gasteiger partial charge in [0.05, 0.1) is 29.4 Å². The number of aliphatic hydroxyl groups is 1. The molecule has 2 heterocycles. The van der Waals surface area contributed by atoms with Gasteiger partial charge in [0, 0.05) is 35.9 Å². The van der Waals surface area contributed by atoms with E-state index in [1.165, 1.54) is 13.2 Å². The number of ketones is 1. The lowest BCUT2D eigenvalue weighted by molar-refractivity contribution is -0.143. The van der Waals surface area contributed by atoms with Crippen molar-refractivity contribution >= 4 is 40.7 Å². The highest BCUT2D eigenvalue weighted by molar-refractivity contribution is 6.42. The predicted octanol–water partition coefficient (Wildman–Crippen LogP) is 4.68. The first-order valence-electron chi connectivity index (χ1n) is 12.2. The standard InChI is InChI=1S/C28H29Cl2FN2O5/c1-14-6-5-7-22(15(14)2)38-13-17(34)10-33-11-20-25(21(35)12-33)26(23(16(3)32-20)28(36)37-4)24-19(31)9-8-18(29)27(24)30/h5-9,17,23,26,34H,10-13H2,1-4H3. The van der Waals surface area contributed by atoms with Gasteiger partial charge in [0.15, 0.2) is 5.78 Å². The minimum Gasteiger partial charge on any atom is -0.491 e. The van der Waals surface area contributed by atoms with E-state index in [0.29, 0.717) is 17.2 Å². The molecule has 4 rings (SSSR count). The van der Waals surface area contributed by atoms with Gasteiger partial charge in [-0.15, -0.1) is 0 Å². The van der Waals surface area contributed by atoms with Gasteiger partial charge in [-0.05, 0) is 50.1 Å². The number of β-amino-alcohol motifs (C(OH)–C–C–N with tert-alkyl or cyclic N) is 1. The lowest BCUT2D eigenvalue weighted by Gasteiger charge is -2.38. The Labute approximate surface area is 230 Å². The molecule has 10 heteroatoms. The number of hydrogen-bond donors (Lipinski definition) is 1. The third kappa shape index (κ3) is 5.50. The van der Waals surface area contributed by atoms with Gasteiger partial charge in [0.2, 0.25) is 0 Å². The zero-order valence-electron chi connectivity index (χ0n) is 21.6. The van der Waals surface area contributed by atoms with Crippen LogP contribution in [0.25, 0.3) is 0 Å². The van der Waals surface area contributed by atoms with Crippen LogP contribution in [0.2, 0.25) is 10.0 Å². The van der Waals surface area contributed by atoms with E-state index in [2.05, 4.69) is 4.99 Å². The summed E-state index contributed by atoms with van der Waals surface area (Å²) in [6, 6.07) is 8.19. The van der Waals surface area contributed by atoms with Crippen LogP contribution in [0.5, 0.6) is 5.75 Å². The molecule has 202 valence electrons. The van der Waals surface area contributed by atoms with Crippen LogP contribution in [-0.4, -0.2) is 66.9 Å². The Morgan fingerprint density at radius 3 is 2.66 bits per heavy atom. The molecule has 1 N–H and O–H groups in total. The highest BCUT2D eigenvalue weighted by Crippen LogP contribution is 2.46. The maximum absolute atomic E-state index is 15.2. The number of methoxy groups -OCH3 is 1. The molecule has 2 aliphatic heterocycles. The number of benzene rings is 2. The van der Waals surface area contributed by atoms with Crippen LogP contribution < -0.4 is 4.74 Å². The first kappa shape index (κ1) is 28.2. The molecule has 0 saturated heterocycles. The highest BCUT2D eigenvalue weighted by Gasteiger charge is 2.46. The number of carbonyl (C=O) groups is 2. The van der Waals surface area contributed by atoms with E-state index < -0.39 is 29.7 Å². The number of ether oxygens (including phenoxy) is 2. The topological polar surface area (TPSA) is 88.4 Å². The molecular formula is C28H29Cl2FN2O5. The smallest absolute Gasteiger partial charge is 0.315 e. The molecule has 7 nitrogen and oxygen atoms in total. The van der Waals surface area contributed by atoms with E-state index in [4.69, 9.17) is 32.7 Å². The van der Waals surface area contributed by atoms with Crippen molar-refractivity contribution in [1.29, 1.82) is 0 Å². The van der Waals surface area contributed by atoms with E-state index in [1.54, 1.807) is 11.8 Å². The number of esters is 1. The van der Waals surface area contributed by atoms with Gasteiger partial charge < -0.3 is 14.6 Å². The lowest BCUT2D eigenvalue weighted by atomic mass is 9.73. The van der Waals surface area contributed by atoms with E-state index in [-0.39, 0.29) is 53.2 Å². The molecule has 3 unspecified atom stereocenters. The SMILES string of the molecule is COC(=O)C1C(C)=NC2=C(C(=O)CN(CC(O)COc3cccc(C)c3C)C2)C1c1c(F)ccc(Cl)c1Cl. The fraction of sp³-hybridized carbons (Fsp3) is 0.393. The summed E-state index contributed by atoms with van der Waals surface area (Å²) in [7, 11) is 1.22. The molecule has 2 aliphatic rings. The maximum atomic E-state index is 15.2. The molecule has 0 saturated carbocycles. The summed E-state index contributed by atoms with van der Waals surface area (Å²) in [6.45, 7) is 5.91. The Hall–Kier alpha value is -2.78. The maximum Gasteiger partial charge on any atom is 0.315 e. The normalized spacial score (nSPS) is 20.6. The predicted molar refractivity (Wildman–Crippen MR) is 144 cm³/mol. The first-order chi connectivity index (χ1) is 18.0. The van der Waals surface area contributed by atoms with E-state index in [0.717, 1.165) is 17.2 Å². The fourth-order valence-electron chi connectivity index (χ4n) is 5.06. The second-order valence-corrected chi connectivity index (χ2v) is 10.4. The average molecular weight is 563 g/mol. The number of aliphatic hydroxyl groups excluding tert-OH is 1. The number of Topliss-reactive ketones (excluding diaryl/α,β-unsaturated/α-hetero) is 1. The van der Waals surface area contributed by atoms with Gasteiger partial charge in [0.1, 0.15) is 30.2 Å². The van der Waals surface area contributed by atoms with Gasteiger partial charge in [-0.3, -0.25) is 19.5 Å². The molecule has 0 bridgehead atoms. The fourth-order valence-corrected chi connectivity index (χ4v) is 5.50. The van der Waals surface area contributed by atoms with Crippen LogP contribution in [0.3, 0.4) is 0 Å². The Morgan fingerprint density at radius 1 is 1.21 bits per heavy atom. The minimum atomic E-state index is -1.05. The third-order valence-corrected chi connectivity index (χ3v) is 7.88. The Kier molecular flexibility index (Phi) is 8.57. The molecular weight excluding hydrogens is 534 g/mol. The van der Waals surface area contributed by atoms with Crippen molar-refractivity contribution in [3.8, 4) is 5.75 Å². The van der Waals surface area contributed by atoms with Gasteiger partial charge in [-0.1, -0.05) is 35.3 Å². The number of rotatable bonds is 7. The second kappa shape index (κ2) is 11.5. The summed E-state index contributed by atoms with van der Waals surface area (Å²) in [5.41, 5.74) is 2.99. The van der Waals surface area contributed by atoms with Crippen molar-refractivity contribution in [2.24, 2.45) is 10.9 Å². The first-order valence-corrected chi connectivity index (χ1v) is 12.9. The Morgan fingerprint density at radius 2 is 1.95 bits per heavy atom. The van der Waals surface area contributed by atoms with Gasteiger partial charge in [-0.2, -0.15) is 0 Å². The van der Waals surface area contributed by atoms with Crippen molar-refractivity contribution in [2.75, 3.05) is 33.4 Å². The van der Waals surface area contributed by atoms with Gasteiger partial charge >= 0.3 is 5.97 Å². The summed E-state index contributed by atoms with van der Waals surface area (Å²) >= 11 is 12.6. The quantitative estimate of drug-likeness (QED) is 0.389. The van der Waals surface area contributed by atoms with Crippen molar-refractivity contribution in [3.05, 3.63) is 74.2 Å². The Bertz CT molecular complexity index is 1340. The number of aryl methyl sites for hydroxylation is 1. The molecule has 3 atom stereocenters. The Balaban J connectivity index is 1.61. The van der Waals surface area contributed by atoms with Crippen molar-refractivity contribution in [1.82, 2.24) is 4.90 Å². The zero-order chi connectivity index (χ0) is 27.7. The number of aliphatic imine (C=N–C) groups is 1. The molecule has 0 radical (unpaired) electrons. The summed E-state index contributed by atoms with van der Waals surface area (Å²) in [5.74, 6) is -3.10. The highest BCUT2D eigenvalue weighted by atomic mass is 35.5. The van der Waals surface area contributed by atoms with E-state index in [9.17, 15) is 14.7 Å². The molecule has 0 spiro atoms. The number of halogens is 3. The third-order valence-electron chi connectivity index (χ3n) is 7.06. The monoisotopic (exact) mass is 562 g/mol. The summed E-state index contributed by atoms with van der Waals surface area (Å²) in [6.07, 6.45) is -0.878. The van der Waals surface area contributed by atoms with E-state index >= 15 is 4.39 Å². The summed E-state index contributed by atoms with van der Waals surface area (Å²) in [5, 5.41) is 10.7. The van der Waals surface area contributed by atoms with Crippen LogP contribution in [0.4, 0.5) is 4.39 Å². The molecule has 0 amide bonds. The molecule has 38 heavy (non-hydrogen) atoms. The number of hydrogen-bond acceptors (Lipinski definition) is 7. The van der Waals surface area contributed by atoms with Crippen LogP contribution in [0, 0.1) is 25.6 Å². The van der Waals surface area contributed by atoms with Crippen LogP contribution in [0.15, 0.2) is 46.6 Å². The molecule has 2 aromatic carbocycles. The molecule has 0 fully saturated rings.